The van der Waals surface area contributed by atoms with Gasteiger partial charge in [-0.2, -0.15) is 0 Å². The molecular weight excluding hydrogens is 228 g/mol. The standard InChI is InChI=1S/C14H28N2O2/c1-10(2)7-11(9-15)8-14(18)16-12-3-5-13(17)6-4-12/h10-13,17H,3-9,15H2,1-2H3,(H,16,18). The van der Waals surface area contributed by atoms with Gasteiger partial charge >= 0.3 is 0 Å². The van der Waals surface area contributed by atoms with Crippen LogP contribution >= 0.6 is 0 Å². The minimum Gasteiger partial charge on any atom is -0.393 e. The molecule has 0 aromatic rings. The molecular formula is C14H28N2O2. The first-order chi connectivity index (χ1) is 8.51. The van der Waals surface area contributed by atoms with Crippen molar-refractivity contribution in [3.63, 3.8) is 0 Å². The van der Waals surface area contributed by atoms with E-state index in [1.165, 1.54) is 0 Å². The van der Waals surface area contributed by atoms with Gasteiger partial charge in [0.2, 0.25) is 5.91 Å². The minimum atomic E-state index is -0.170. The summed E-state index contributed by atoms with van der Waals surface area (Å²) in [5.74, 6) is 0.989. The predicted molar refractivity (Wildman–Crippen MR) is 73.0 cm³/mol. The van der Waals surface area contributed by atoms with Gasteiger partial charge in [-0.05, 0) is 50.5 Å². The normalized spacial score (nSPS) is 26.1. The molecule has 4 heteroatoms. The largest absolute Gasteiger partial charge is 0.393 e. The van der Waals surface area contributed by atoms with Crippen molar-refractivity contribution < 1.29 is 9.90 Å². The van der Waals surface area contributed by atoms with Crippen LogP contribution in [0.4, 0.5) is 0 Å². The summed E-state index contributed by atoms with van der Waals surface area (Å²) >= 11 is 0. The number of nitrogens with two attached hydrogens (primary N) is 1. The summed E-state index contributed by atoms with van der Waals surface area (Å²) in [7, 11) is 0. The lowest BCUT2D eigenvalue weighted by Crippen LogP contribution is -2.39. The van der Waals surface area contributed by atoms with E-state index in [1.807, 2.05) is 0 Å². The molecule has 1 unspecified atom stereocenters. The third-order valence-electron chi connectivity index (χ3n) is 3.67. The first kappa shape index (κ1) is 15.4. The lowest BCUT2D eigenvalue weighted by atomic mass is 9.91. The molecule has 0 bridgehead atoms. The third kappa shape index (κ3) is 5.83. The summed E-state index contributed by atoms with van der Waals surface area (Å²) in [5, 5.41) is 12.5. The first-order valence-electron chi connectivity index (χ1n) is 7.18. The molecule has 4 N–H and O–H groups in total. The molecule has 0 aliphatic heterocycles. The summed E-state index contributed by atoms with van der Waals surface area (Å²) in [4.78, 5) is 11.9. The first-order valence-corrected chi connectivity index (χ1v) is 7.18. The maximum absolute atomic E-state index is 11.9. The second kappa shape index (κ2) is 7.74. The van der Waals surface area contributed by atoms with Crippen LogP contribution in [0.5, 0.6) is 0 Å². The maximum atomic E-state index is 11.9. The highest BCUT2D eigenvalue weighted by atomic mass is 16.3. The molecule has 0 radical (unpaired) electrons. The number of aliphatic hydroxyl groups excluding tert-OH is 1. The molecule has 0 heterocycles. The Morgan fingerprint density at radius 2 is 1.94 bits per heavy atom. The van der Waals surface area contributed by atoms with Gasteiger partial charge in [0, 0.05) is 12.5 Å². The van der Waals surface area contributed by atoms with Crippen LogP contribution in [0, 0.1) is 11.8 Å². The van der Waals surface area contributed by atoms with Gasteiger partial charge in [-0.3, -0.25) is 4.79 Å². The molecule has 4 nitrogen and oxygen atoms in total. The highest BCUT2D eigenvalue weighted by Gasteiger charge is 2.22. The Hall–Kier alpha value is -0.610. The number of nitrogens with one attached hydrogen (secondary N) is 1. The lowest BCUT2D eigenvalue weighted by molar-refractivity contribution is -0.123. The molecule has 1 aliphatic carbocycles. The zero-order valence-electron chi connectivity index (χ0n) is 11.7. The average molecular weight is 256 g/mol. The molecule has 0 aromatic heterocycles. The molecule has 1 aliphatic rings. The Kier molecular flexibility index (Phi) is 6.65. The monoisotopic (exact) mass is 256 g/mol. The van der Waals surface area contributed by atoms with Crippen LogP contribution in [0.15, 0.2) is 0 Å². The van der Waals surface area contributed by atoms with Crippen molar-refractivity contribution in [2.45, 2.75) is 64.5 Å². The minimum absolute atomic E-state index is 0.118. The van der Waals surface area contributed by atoms with Crippen molar-refractivity contribution in [2.24, 2.45) is 17.6 Å². The number of amides is 1. The second-order valence-electron chi connectivity index (χ2n) is 6.01. The molecule has 1 amide bonds. The van der Waals surface area contributed by atoms with Crippen LogP contribution in [-0.2, 0) is 4.79 Å². The highest BCUT2D eigenvalue weighted by molar-refractivity contribution is 5.76. The van der Waals surface area contributed by atoms with Crippen LogP contribution in [0.25, 0.3) is 0 Å². The lowest BCUT2D eigenvalue weighted by Gasteiger charge is -2.27. The molecule has 1 saturated carbocycles. The van der Waals surface area contributed by atoms with Gasteiger partial charge < -0.3 is 16.2 Å². The Morgan fingerprint density at radius 1 is 1.33 bits per heavy atom. The zero-order chi connectivity index (χ0) is 13.5. The summed E-state index contributed by atoms with van der Waals surface area (Å²) in [6.45, 7) is 4.89. The fourth-order valence-corrected chi connectivity index (χ4v) is 2.70. The summed E-state index contributed by atoms with van der Waals surface area (Å²) < 4.78 is 0. The molecule has 18 heavy (non-hydrogen) atoms. The predicted octanol–water partition coefficient (Wildman–Crippen LogP) is 1.42. The second-order valence-corrected chi connectivity index (χ2v) is 6.01. The Bertz CT molecular complexity index is 248. The van der Waals surface area contributed by atoms with Gasteiger partial charge in [0.1, 0.15) is 0 Å². The van der Waals surface area contributed by atoms with E-state index >= 15 is 0 Å². The topological polar surface area (TPSA) is 75.4 Å². The Labute approximate surface area is 110 Å². The number of rotatable bonds is 6. The van der Waals surface area contributed by atoms with E-state index in [4.69, 9.17) is 5.73 Å². The average Bonchev–Trinajstić information content (AvgIpc) is 2.30. The van der Waals surface area contributed by atoms with Crippen molar-refractivity contribution in [3.05, 3.63) is 0 Å². The molecule has 1 fully saturated rings. The van der Waals surface area contributed by atoms with E-state index in [0.717, 1.165) is 32.1 Å². The van der Waals surface area contributed by atoms with Crippen molar-refractivity contribution in [3.8, 4) is 0 Å². The fourth-order valence-electron chi connectivity index (χ4n) is 2.70. The smallest absolute Gasteiger partial charge is 0.220 e. The molecule has 106 valence electrons. The van der Waals surface area contributed by atoms with Crippen LogP contribution < -0.4 is 11.1 Å². The van der Waals surface area contributed by atoms with E-state index < -0.39 is 0 Å². The fraction of sp³-hybridized carbons (Fsp3) is 0.929. The van der Waals surface area contributed by atoms with Gasteiger partial charge in [0.05, 0.1) is 6.10 Å². The van der Waals surface area contributed by atoms with Gasteiger partial charge in [-0.25, -0.2) is 0 Å². The van der Waals surface area contributed by atoms with E-state index in [0.29, 0.717) is 24.8 Å². The third-order valence-corrected chi connectivity index (χ3v) is 3.67. The van der Waals surface area contributed by atoms with Crippen molar-refractivity contribution in [1.82, 2.24) is 5.32 Å². The summed E-state index contributed by atoms with van der Waals surface area (Å²) in [5.41, 5.74) is 5.71. The van der Waals surface area contributed by atoms with E-state index in [1.54, 1.807) is 0 Å². The van der Waals surface area contributed by atoms with Crippen LogP contribution in [0.3, 0.4) is 0 Å². The summed E-state index contributed by atoms with van der Waals surface area (Å²) in [6, 6.07) is 0.248. The van der Waals surface area contributed by atoms with E-state index in [9.17, 15) is 9.90 Å². The Balaban J connectivity index is 2.27. The van der Waals surface area contributed by atoms with Crippen LogP contribution in [-0.4, -0.2) is 29.7 Å². The Morgan fingerprint density at radius 3 is 2.44 bits per heavy atom. The number of carbonyl (C=O) groups excluding carboxylic acids is 1. The van der Waals surface area contributed by atoms with Crippen LogP contribution in [0.2, 0.25) is 0 Å². The van der Waals surface area contributed by atoms with Gasteiger partial charge in [0.15, 0.2) is 0 Å². The molecule has 0 spiro atoms. The van der Waals surface area contributed by atoms with E-state index in [2.05, 4.69) is 19.2 Å². The van der Waals surface area contributed by atoms with Crippen molar-refractivity contribution >= 4 is 5.91 Å². The van der Waals surface area contributed by atoms with Crippen molar-refractivity contribution in [1.29, 1.82) is 0 Å². The SMILES string of the molecule is CC(C)CC(CN)CC(=O)NC1CCC(O)CC1. The summed E-state index contributed by atoms with van der Waals surface area (Å²) in [6.07, 6.45) is 4.76. The molecule has 0 aromatic carbocycles. The molecule has 0 saturated heterocycles. The molecule has 1 atom stereocenters. The van der Waals surface area contributed by atoms with Crippen LogP contribution in [0.1, 0.15) is 52.4 Å². The van der Waals surface area contributed by atoms with Gasteiger partial charge in [-0.1, -0.05) is 13.8 Å². The van der Waals surface area contributed by atoms with Crippen molar-refractivity contribution in [2.75, 3.05) is 6.54 Å². The molecule has 1 rings (SSSR count). The number of aliphatic hydroxyl groups is 1. The number of carbonyl (C=O) groups is 1. The van der Waals surface area contributed by atoms with E-state index in [-0.39, 0.29) is 18.1 Å². The van der Waals surface area contributed by atoms with Gasteiger partial charge in [-0.15, -0.1) is 0 Å². The maximum Gasteiger partial charge on any atom is 0.220 e. The van der Waals surface area contributed by atoms with Gasteiger partial charge in [0.25, 0.3) is 0 Å². The number of hydrogen-bond donors (Lipinski definition) is 3. The highest BCUT2D eigenvalue weighted by Crippen LogP contribution is 2.19. The zero-order valence-corrected chi connectivity index (χ0v) is 11.7. The quantitative estimate of drug-likeness (QED) is 0.672. The number of hydrogen-bond acceptors (Lipinski definition) is 3.